The lowest BCUT2D eigenvalue weighted by molar-refractivity contribution is 0.0977. The van der Waals surface area contributed by atoms with Crippen molar-refractivity contribution in [3.05, 3.63) is 70.2 Å². The number of carbonyl (C=O) groups is 1. The van der Waals surface area contributed by atoms with Crippen molar-refractivity contribution in [2.45, 2.75) is 0 Å². The van der Waals surface area contributed by atoms with Crippen LogP contribution in [0.15, 0.2) is 54.6 Å². The van der Waals surface area contributed by atoms with Crippen LogP contribution < -0.4 is 20.1 Å². The van der Waals surface area contributed by atoms with Crippen molar-refractivity contribution >= 4 is 73.7 Å². The summed E-state index contributed by atoms with van der Waals surface area (Å²) in [6.07, 6.45) is 0. The molecule has 1 heterocycles. The van der Waals surface area contributed by atoms with E-state index in [0.717, 1.165) is 15.2 Å². The average molecular weight is 518 g/mol. The molecule has 3 aromatic carbocycles. The first-order chi connectivity index (χ1) is 15.9. The molecule has 0 aliphatic carbocycles. The van der Waals surface area contributed by atoms with Gasteiger partial charge in [-0.05, 0) is 54.7 Å². The van der Waals surface area contributed by atoms with Crippen LogP contribution in [0.2, 0.25) is 10.0 Å². The van der Waals surface area contributed by atoms with Gasteiger partial charge in [0.2, 0.25) is 0 Å². The molecule has 0 aliphatic heterocycles. The molecule has 0 bridgehead atoms. The fourth-order valence-electron chi connectivity index (χ4n) is 3.15. The Hall–Kier alpha value is -2.91. The van der Waals surface area contributed by atoms with Crippen LogP contribution in [0.3, 0.4) is 0 Å². The molecular formula is C23H17Cl2N3O3S2. The van der Waals surface area contributed by atoms with E-state index in [1.807, 2.05) is 24.3 Å². The summed E-state index contributed by atoms with van der Waals surface area (Å²) in [6, 6.07) is 16.0. The summed E-state index contributed by atoms with van der Waals surface area (Å²) in [6.45, 7) is 0. The molecule has 0 aliphatic rings. The highest BCUT2D eigenvalue weighted by Gasteiger charge is 2.18. The van der Waals surface area contributed by atoms with Gasteiger partial charge in [-0.2, -0.15) is 0 Å². The number of anilines is 1. The zero-order valence-electron chi connectivity index (χ0n) is 17.4. The van der Waals surface area contributed by atoms with E-state index < -0.39 is 5.91 Å². The number of amides is 1. The van der Waals surface area contributed by atoms with Crippen LogP contribution in [-0.2, 0) is 0 Å². The van der Waals surface area contributed by atoms with E-state index in [9.17, 15) is 4.79 Å². The van der Waals surface area contributed by atoms with Gasteiger partial charge in [0.15, 0.2) is 16.6 Å². The number of thiazole rings is 1. The molecule has 2 N–H and O–H groups in total. The molecule has 0 saturated heterocycles. The van der Waals surface area contributed by atoms with Gasteiger partial charge in [0.1, 0.15) is 5.01 Å². The second-order valence-corrected chi connectivity index (χ2v) is 9.06. The molecule has 0 unspecified atom stereocenters. The number of methoxy groups -OCH3 is 2. The summed E-state index contributed by atoms with van der Waals surface area (Å²) in [7, 11) is 3.02. The first-order valence-corrected chi connectivity index (χ1v) is 11.6. The quantitative estimate of drug-likeness (QED) is 0.298. The topological polar surface area (TPSA) is 72.5 Å². The van der Waals surface area contributed by atoms with E-state index in [4.69, 9.17) is 44.9 Å². The van der Waals surface area contributed by atoms with Crippen molar-refractivity contribution in [1.29, 1.82) is 0 Å². The number of carbonyl (C=O) groups excluding carboxylic acids is 1. The fourth-order valence-corrected chi connectivity index (χ4v) is 4.88. The highest BCUT2D eigenvalue weighted by atomic mass is 35.5. The lowest BCUT2D eigenvalue weighted by Crippen LogP contribution is -2.34. The third-order valence-corrected chi connectivity index (χ3v) is 6.48. The lowest BCUT2D eigenvalue weighted by Gasteiger charge is -2.15. The van der Waals surface area contributed by atoms with Crippen LogP contribution in [0, 0.1) is 0 Å². The maximum Gasteiger partial charge on any atom is 0.257 e. The van der Waals surface area contributed by atoms with Crippen LogP contribution in [-0.4, -0.2) is 30.2 Å². The van der Waals surface area contributed by atoms with Crippen LogP contribution in [0.5, 0.6) is 11.5 Å². The summed E-state index contributed by atoms with van der Waals surface area (Å²) >= 11 is 19.6. The average Bonchev–Trinajstić information content (AvgIpc) is 3.24. The van der Waals surface area contributed by atoms with Crippen molar-refractivity contribution in [2.24, 2.45) is 0 Å². The number of fused-ring (bicyclic) bond motifs is 1. The second kappa shape index (κ2) is 9.93. The number of nitrogens with one attached hydrogen (secondary N) is 2. The number of ether oxygens (including phenoxy) is 2. The molecule has 33 heavy (non-hydrogen) atoms. The Morgan fingerprint density at radius 1 is 1.03 bits per heavy atom. The summed E-state index contributed by atoms with van der Waals surface area (Å²) in [5, 5.41) is 7.27. The number of para-hydroxylation sites is 1. The number of thiocarbonyl (C=S) groups is 1. The van der Waals surface area contributed by atoms with Crippen molar-refractivity contribution < 1.29 is 14.3 Å². The van der Waals surface area contributed by atoms with E-state index in [-0.39, 0.29) is 5.11 Å². The van der Waals surface area contributed by atoms with Crippen LogP contribution in [0.4, 0.5) is 5.69 Å². The molecule has 0 radical (unpaired) electrons. The molecule has 0 spiro atoms. The molecular weight excluding hydrogens is 501 g/mol. The Morgan fingerprint density at radius 3 is 2.52 bits per heavy atom. The summed E-state index contributed by atoms with van der Waals surface area (Å²) < 4.78 is 11.5. The van der Waals surface area contributed by atoms with Gasteiger partial charge in [0.25, 0.3) is 5.91 Å². The Kier molecular flexibility index (Phi) is 6.99. The van der Waals surface area contributed by atoms with Gasteiger partial charge in [-0.15, -0.1) is 11.3 Å². The SMILES string of the molecule is COc1ccc(C(=O)NC(=S)Nc2c(Cl)cc(Cl)cc2-c2nc3ccccc3s2)cc1OC. The van der Waals surface area contributed by atoms with Gasteiger partial charge >= 0.3 is 0 Å². The second-order valence-electron chi connectivity index (χ2n) is 6.77. The van der Waals surface area contributed by atoms with E-state index in [1.54, 1.807) is 30.3 Å². The normalized spacial score (nSPS) is 10.7. The lowest BCUT2D eigenvalue weighted by atomic mass is 10.1. The van der Waals surface area contributed by atoms with Gasteiger partial charge in [-0.25, -0.2) is 4.98 Å². The predicted molar refractivity (Wildman–Crippen MR) is 138 cm³/mol. The van der Waals surface area contributed by atoms with Crippen LogP contribution >= 0.6 is 46.8 Å². The number of rotatable bonds is 5. The molecule has 4 rings (SSSR count). The van der Waals surface area contributed by atoms with Crippen molar-refractivity contribution in [1.82, 2.24) is 10.3 Å². The van der Waals surface area contributed by atoms with Crippen molar-refractivity contribution in [3.8, 4) is 22.1 Å². The summed E-state index contributed by atoms with van der Waals surface area (Å²) in [5.74, 6) is 0.533. The highest BCUT2D eigenvalue weighted by molar-refractivity contribution is 7.80. The molecule has 1 amide bonds. The van der Waals surface area contributed by atoms with Gasteiger partial charge < -0.3 is 14.8 Å². The van der Waals surface area contributed by atoms with E-state index in [0.29, 0.717) is 38.4 Å². The smallest absolute Gasteiger partial charge is 0.257 e. The van der Waals surface area contributed by atoms with Gasteiger partial charge in [-0.3, -0.25) is 10.1 Å². The number of halogens is 2. The van der Waals surface area contributed by atoms with E-state index in [2.05, 4.69) is 15.6 Å². The Morgan fingerprint density at radius 2 is 1.79 bits per heavy atom. The molecule has 0 saturated carbocycles. The third-order valence-electron chi connectivity index (χ3n) is 4.69. The maximum atomic E-state index is 12.7. The van der Waals surface area contributed by atoms with Crippen molar-refractivity contribution in [3.63, 3.8) is 0 Å². The maximum absolute atomic E-state index is 12.7. The monoisotopic (exact) mass is 517 g/mol. The zero-order valence-corrected chi connectivity index (χ0v) is 20.6. The highest BCUT2D eigenvalue weighted by Crippen LogP contribution is 2.40. The molecule has 10 heteroatoms. The number of aromatic nitrogens is 1. The van der Waals surface area contributed by atoms with Crippen LogP contribution in [0.25, 0.3) is 20.8 Å². The zero-order chi connectivity index (χ0) is 23.5. The molecule has 6 nitrogen and oxygen atoms in total. The van der Waals surface area contributed by atoms with E-state index >= 15 is 0 Å². The number of hydrogen-bond acceptors (Lipinski definition) is 6. The minimum atomic E-state index is -0.417. The van der Waals surface area contributed by atoms with Crippen molar-refractivity contribution in [2.75, 3.05) is 19.5 Å². The Bertz CT molecular complexity index is 1340. The molecule has 0 atom stereocenters. The van der Waals surface area contributed by atoms with Gasteiger partial charge in [0.05, 0.1) is 35.1 Å². The van der Waals surface area contributed by atoms with Crippen LogP contribution in [0.1, 0.15) is 10.4 Å². The fraction of sp³-hybridized carbons (Fsp3) is 0.0870. The predicted octanol–water partition coefficient (Wildman–Crippen LogP) is 6.41. The standard InChI is InChI=1S/C23H17Cl2N3O3S2/c1-30-17-8-7-12(9-18(17)31-2)21(29)28-23(32)27-20-14(10-13(24)11-15(20)25)22-26-16-5-3-4-6-19(16)33-22/h3-11H,1-2H3,(H2,27,28,29,32). The first-order valence-electron chi connectivity index (χ1n) is 9.59. The number of hydrogen-bond donors (Lipinski definition) is 2. The minimum absolute atomic E-state index is 0.0707. The summed E-state index contributed by atoms with van der Waals surface area (Å²) in [4.78, 5) is 17.4. The Balaban J connectivity index is 1.60. The van der Waals surface area contributed by atoms with E-state index in [1.165, 1.54) is 25.6 Å². The molecule has 1 aromatic heterocycles. The summed E-state index contributed by atoms with van der Waals surface area (Å²) in [5.41, 5.74) is 2.39. The third kappa shape index (κ3) is 5.04. The molecule has 0 fully saturated rings. The Labute approximate surface area is 209 Å². The largest absolute Gasteiger partial charge is 0.493 e. The van der Waals surface area contributed by atoms with Gasteiger partial charge in [-0.1, -0.05) is 35.3 Å². The number of nitrogens with zero attached hydrogens (tertiary/aromatic N) is 1. The molecule has 4 aromatic rings. The minimum Gasteiger partial charge on any atom is -0.493 e. The molecule has 168 valence electrons. The first kappa shape index (κ1) is 23.3. The van der Waals surface area contributed by atoms with Gasteiger partial charge in [0, 0.05) is 16.1 Å². The number of benzene rings is 3.